The highest BCUT2D eigenvalue weighted by molar-refractivity contribution is 5.82. The summed E-state index contributed by atoms with van der Waals surface area (Å²) in [5, 5.41) is 12.0. The lowest BCUT2D eigenvalue weighted by Crippen LogP contribution is -2.43. The second-order valence-corrected chi connectivity index (χ2v) is 7.77. The minimum absolute atomic E-state index is 0.00379. The molecule has 0 aromatic rings. The fourth-order valence-corrected chi connectivity index (χ4v) is 3.05. The van der Waals surface area contributed by atoms with Gasteiger partial charge >= 0.3 is 0 Å². The van der Waals surface area contributed by atoms with E-state index < -0.39 is 11.9 Å². The summed E-state index contributed by atoms with van der Waals surface area (Å²) in [6.07, 6.45) is 5.55. The van der Waals surface area contributed by atoms with Crippen LogP contribution in [0.1, 0.15) is 58.8 Å². The molecule has 31 heavy (non-hydrogen) atoms. The van der Waals surface area contributed by atoms with E-state index in [4.69, 9.17) is 11.5 Å². The highest BCUT2D eigenvalue weighted by Crippen LogP contribution is 2.12. The molecule has 0 fully saturated rings. The number of unbranched alkanes of at least 4 members (excludes halogenated alkanes) is 2. The van der Waals surface area contributed by atoms with Crippen LogP contribution in [-0.4, -0.2) is 68.8 Å². The number of primary amides is 1. The van der Waals surface area contributed by atoms with E-state index in [2.05, 4.69) is 21.3 Å². The number of nitrogens with one attached hydrogen (secondary N) is 4. The minimum Gasteiger partial charge on any atom is -0.368 e. The van der Waals surface area contributed by atoms with E-state index >= 15 is 0 Å². The summed E-state index contributed by atoms with van der Waals surface area (Å²) in [7, 11) is 0. The Morgan fingerprint density at radius 3 is 2.19 bits per heavy atom. The molecule has 0 bridgehead atoms. The number of hydrogen-bond donors (Lipinski definition) is 6. The van der Waals surface area contributed by atoms with Crippen molar-refractivity contribution in [3.63, 3.8) is 0 Å². The van der Waals surface area contributed by atoms with Crippen LogP contribution >= 0.6 is 0 Å². The van der Waals surface area contributed by atoms with Crippen molar-refractivity contribution in [1.82, 2.24) is 21.3 Å². The van der Waals surface area contributed by atoms with Crippen molar-refractivity contribution in [2.75, 3.05) is 39.4 Å². The molecule has 8 N–H and O–H groups in total. The van der Waals surface area contributed by atoms with E-state index in [1.165, 1.54) is 6.92 Å². The van der Waals surface area contributed by atoms with E-state index in [0.29, 0.717) is 19.6 Å². The van der Waals surface area contributed by atoms with Gasteiger partial charge in [-0.05, 0) is 52.0 Å². The first-order chi connectivity index (χ1) is 14.8. The van der Waals surface area contributed by atoms with Gasteiger partial charge in [-0.25, -0.2) is 0 Å². The quantitative estimate of drug-likeness (QED) is 0.0988. The molecular weight excluding hydrogens is 400 g/mol. The molecule has 0 saturated heterocycles. The van der Waals surface area contributed by atoms with Gasteiger partial charge in [-0.2, -0.15) is 0 Å². The average Bonchev–Trinajstić information content (AvgIpc) is 2.73. The van der Waals surface area contributed by atoms with Crippen LogP contribution in [0.5, 0.6) is 0 Å². The van der Waals surface area contributed by atoms with Crippen molar-refractivity contribution in [1.29, 1.82) is 0 Å². The van der Waals surface area contributed by atoms with Crippen molar-refractivity contribution in [2.24, 2.45) is 17.4 Å². The SMILES string of the molecule is CC[C@@H](CCCCNCNCC(=O)CN)C(=O)NCCCC[C@H](NCC(C)=O)C(N)=O. The topological polar surface area (TPSA) is 168 Å². The number of amides is 2. The van der Waals surface area contributed by atoms with Gasteiger partial charge in [0.15, 0.2) is 5.78 Å². The molecule has 0 radical (unpaired) electrons. The molecule has 2 amide bonds. The third-order valence-electron chi connectivity index (χ3n) is 4.98. The monoisotopic (exact) mass is 442 g/mol. The molecule has 0 saturated carbocycles. The van der Waals surface area contributed by atoms with Crippen molar-refractivity contribution in [3.8, 4) is 0 Å². The Labute approximate surface area is 186 Å². The molecule has 0 rings (SSSR count). The molecule has 10 heteroatoms. The van der Waals surface area contributed by atoms with Crippen LogP contribution in [0.2, 0.25) is 0 Å². The highest BCUT2D eigenvalue weighted by atomic mass is 16.2. The van der Waals surface area contributed by atoms with Gasteiger partial charge in [0.1, 0.15) is 5.78 Å². The van der Waals surface area contributed by atoms with Crippen LogP contribution in [0.25, 0.3) is 0 Å². The number of carbonyl (C=O) groups excluding carboxylic acids is 4. The van der Waals surface area contributed by atoms with Gasteiger partial charge in [0.2, 0.25) is 11.8 Å². The molecule has 0 unspecified atom stereocenters. The maximum Gasteiger partial charge on any atom is 0.234 e. The standard InChI is InChI=1S/C21H42N6O4/c1-3-17(8-4-6-10-24-15-25-14-18(29)12-22)21(31)26-11-7-5-9-19(20(23)30)27-13-16(2)28/h17,19,24-25,27H,3-15,22H2,1-2H3,(H2,23,30)(H,26,31)/t17-,19-/m0/s1. The summed E-state index contributed by atoms with van der Waals surface area (Å²) in [5.74, 6) is -0.466. The van der Waals surface area contributed by atoms with Crippen LogP contribution in [0, 0.1) is 5.92 Å². The van der Waals surface area contributed by atoms with Crippen LogP contribution in [-0.2, 0) is 19.2 Å². The molecule has 0 aromatic heterocycles. The maximum absolute atomic E-state index is 12.4. The highest BCUT2D eigenvalue weighted by Gasteiger charge is 2.16. The van der Waals surface area contributed by atoms with E-state index in [1.54, 1.807) is 0 Å². The van der Waals surface area contributed by atoms with Gasteiger partial charge in [0.05, 0.1) is 25.7 Å². The zero-order valence-corrected chi connectivity index (χ0v) is 19.1. The lowest BCUT2D eigenvalue weighted by molar-refractivity contribution is -0.125. The van der Waals surface area contributed by atoms with Crippen LogP contribution in [0.4, 0.5) is 0 Å². The zero-order valence-electron chi connectivity index (χ0n) is 19.1. The number of Topliss-reactive ketones (excluding diaryl/α,β-unsaturated/α-hetero) is 2. The molecule has 0 spiro atoms. The Morgan fingerprint density at radius 1 is 0.903 bits per heavy atom. The Hall–Kier alpha value is -1.88. The second kappa shape index (κ2) is 18.9. The van der Waals surface area contributed by atoms with E-state index in [0.717, 1.165) is 45.1 Å². The number of hydrogen-bond acceptors (Lipinski definition) is 8. The largest absolute Gasteiger partial charge is 0.368 e. The fraction of sp³-hybridized carbons (Fsp3) is 0.810. The molecule has 0 aliphatic rings. The molecule has 10 nitrogen and oxygen atoms in total. The van der Waals surface area contributed by atoms with E-state index in [9.17, 15) is 19.2 Å². The van der Waals surface area contributed by atoms with Crippen molar-refractivity contribution < 1.29 is 19.2 Å². The third kappa shape index (κ3) is 16.5. The first-order valence-corrected chi connectivity index (χ1v) is 11.2. The summed E-state index contributed by atoms with van der Waals surface area (Å²) in [6, 6.07) is -0.520. The predicted octanol–water partition coefficient (Wildman–Crippen LogP) is -0.834. The summed E-state index contributed by atoms with van der Waals surface area (Å²) in [6.45, 7) is 5.86. The molecule has 0 aliphatic carbocycles. The summed E-state index contributed by atoms with van der Waals surface area (Å²) in [4.78, 5) is 45.8. The zero-order chi connectivity index (χ0) is 23.5. The molecular formula is C21H42N6O4. The van der Waals surface area contributed by atoms with Crippen LogP contribution in [0.15, 0.2) is 0 Å². The van der Waals surface area contributed by atoms with Gasteiger partial charge in [-0.1, -0.05) is 13.3 Å². The minimum atomic E-state index is -0.520. The lowest BCUT2D eigenvalue weighted by atomic mass is 9.98. The second-order valence-electron chi connectivity index (χ2n) is 7.77. The van der Waals surface area contributed by atoms with Crippen molar-refractivity contribution >= 4 is 23.4 Å². The van der Waals surface area contributed by atoms with Crippen LogP contribution in [0.3, 0.4) is 0 Å². The molecule has 0 aromatic carbocycles. The third-order valence-corrected chi connectivity index (χ3v) is 4.98. The van der Waals surface area contributed by atoms with Gasteiger partial charge < -0.3 is 22.1 Å². The molecule has 2 atom stereocenters. The summed E-state index contributed by atoms with van der Waals surface area (Å²) in [5.41, 5.74) is 10.6. The Balaban J connectivity index is 3.85. The van der Waals surface area contributed by atoms with Crippen molar-refractivity contribution in [2.45, 2.75) is 64.8 Å². The number of rotatable bonds is 21. The lowest BCUT2D eigenvalue weighted by Gasteiger charge is -2.16. The normalized spacial score (nSPS) is 12.9. The Kier molecular flexibility index (Phi) is 17.7. The predicted molar refractivity (Wildman–Crippen MR) is 121 cm³/mol. The number of carbonyl (C=O) groups is 4. The first-order valence-electron chi connectivity index (χ1n) is 11.2. The fourth-order valence-electron chi connectivity index (χ4n) is 3.05. The Bertz CT molecular complexity index is 544. The average molecular weight is 443 g/mol. The summed E-state index contributed by atoms with van der Waals surface area (Å²) < 4.78 is 0. The molecule has 0 aliphatic heterocycles. The maximum atomic E-state index is 12.4. The van der Waals surface area contributed by atoms with Crippen molar-refractivity contribution in [3.05, 3.63) is 0 Å². The molecule has 180 valence electrons. The summed E-state index contributed by atoms with van der Waals surface area (Å²) >= 11 is 0. The Morgan fingerprint density at radius 2 is 1.58 bits per heavy atom. The van der Waals surface area contributed by atoms with Crippen LogP contribution < -0.4 is 32.7 Å². The van der Waals surface area contributed by atoms with E-state index in [-0.39, 0.29) is 43.0 Å². The van der Waals surface area contributed by atoms with Gasteiger partial charge in [0.25, 0.3) is 0 Å². The first kappa shape index (κ1) is 29.1. The number of ketones is 2. The van der Waals surface area contributed by atoms with Gasteiger partial charge in [-0.15, -0.1) is 0 Å². The van der Waals surface area contributed by atoms with E-state index in [1.807, 2.05) is 6.92 Å². The van der Waals surface area contributed by atoms with Gasteiger partial charge in [-0.3, -0.25) is 29.8 Å². The van der Waals surface area contributed by atoms with Gasteiger partial charge in [0, 0.05) is 19.1 Å². The smallest absolute Gasteiger partial charge is 0.234 e. The number of nitrogens with two attached hydrogens (primary N) is 2. The molecule has 0 heterocycles.